The van der Waals surface area contributed by atoms with E-state index in [1.54, 1.807) is 43.5 Å². The lowest BCUT2D eigenvalue weighted by atomic mass is 10.1. The summed E-state index contributed by atoms with van der Waals surface area (Å²) in [5.74, 6) is 0.808. The van der Waals surface area contributed by atoms with Crippen molar-refractivity contribution in [2.24, 2.45) is 0 Å². The molecule has 1 saturated heterocycles. The highest BCUT2D eigenvalue weighted by Gasteiger charge is 2.24. The number of halogens is 1. The summed E-state index contributed by atoms with van der Waals surface area (Å²) in [6.45, 7) is 2.57. The van der Waals surface area contributed by atoms with Gasteiger partial charge in [0.1, 0.15) is 23.6 Å². The molecule has 2 aromatic carbocycles. The highest BCUT2D eigenvalue weighted by Crippen LogP contribution is 2.33. The van der Waals surface area contributed by atoms with Crippen molar-refractivity contribution >= 4 is 34.7 Å². The van der Waals surface area contributed by atoms with Crippen LogP contribution >= 0.6 is 0 Å². The normalized spacial score (nSPS) is 13.5. The van der Waals surface area contributed by atoms with Gasteiger partial charge >= 0.3 is 5.97 Å². The van der Waals surface area contributed by atoms with Crippen molar-refractivity contribution in [3.05, 3.63) is 60.2 Å². The van der Waals surface area contributed by atoms with Crippen LogP contribution in [0.2, 0.25) is 0 Å². The number of nitrogens with one attached hydrogen (secondary N) is 1. The molecule has 0 unspecified atom stereocenters. The standard InChI is InChI=1S/C23H25FN6O3/c1-32-19-8-7-15(23(31)33-2)13-18(19)29-9-11-30(12-10-29)22-20(25)21(26-14-27-22)28-17-6-4-3-5-16(17)24/h3-8,13-14H,9-12,25H2,1-2H3,(H,26,27,28). The van der Waals surface area contributed by atoms with Crippen molar-refractivity contribution in [2.45, 2.75) is 0 Å². The Morgan fingerprint density at radius 2 is 1.79 bits per heavy atom. The molecule has 3 N–H and O–H groups in total. The van der Waals surface area contributed by atoms with Gasteiger partial charge in [-0.2, -0.15) is 0 Å². The third-order valence-corrected chi connectivity index (χ3v) is 5.51. The molecule has 1 fully saturated rings. The zero-order chi connectivity index (χ0) is 23.4. The number of benzene rings is 2. The number of hydrogen-bond acceptors (Lipinski definition) is 9. The van der Waals surface area contributed by atoms with E-state index in [0.29, 0.717) is 54.8 Å². The Bertz CT molecular complexity index is 1150. The molecule has 3 aromatic rings. The van der Waals surface area contributed by atoms with Crippen LogP contribution in [0.25, 0.3) is 0 Å². The summed E-state index contributed by atoms with van der Waals surface area (Å²) in [5.41, 5.74) is 8.25. The van der Waals surface area contributed by atoms with Crippen molar-refractivity contribution in [1.29, 1.82) is 0 Å². The average molecular weight is 452 g/mol. The number of piperazine rings is 1. The largest absolute Gasteiger partial charge is 0.495 e. The molecule has 1 aromatic heterocycles. The number of anilines is 5. The average Bonchev–Trinajstić information content (AvgIpc) is 2.86. The van der Waals surface area contributed by atoms with E-state index in [1.165, 1.54) is 19.5 Å². The molecule has 33 heavy (non-hydrogen) atoms. The summed E-state index contributed by atoms with van der Waals surface area (Å²) >= 11 is 0. The van der Waals surface area contributed by atoms with E-state index >= 15 is 0 Å². The van der Waals surface area contributed by atoms with Crippen LogP contribution in [0.1, 0.15) is 10.4 Å². The number of nitrogens with two attached hydrogens (primary N) is 1. The second-order valence-corrected chi connectivity index (χ2v) is 7.42. The van der Waals surface area contributed by atoms with E-state index in [-0.39, 0.29) is 5.69 Å². The zero-order valence-corrected chi connectivity index (χ0v) is 18.4. The summed E-state index contributed by atoms with van der Waals surface area (Å²) in [6.07, 6.45) is 1.41. The molecule has 172 valence electrons. The van der Waals surface area contributed by atoms with Gasteiger partial charge in [0.05, 0.1) is 31.2 Å². The van der Waals surface area contributed by atoms with Gasteiger partial charge in [-0.25, -0.2) is 19.2 Å². The lowest BCUT2D eigenvalue weighted by molar-refractivity contribution is 0.0600. The van der Waals surface area contributed by atoms with Crippen LogP contribution in [-0.2, 0) is 4.74 Å². The minimum atomic E-state index is -0.402. The highest BCUT2D eigenvalue weighted by atomic mass is 19.1. The first-order valence-corrected chi connectivity index (χ1v) is 10.4. The number of carbonyl (C=O) groups is 1. The molecule has 0 aliphatic carbocycles. The van der Waals surface area contributed by atoms with Crippen LogP contribution in [-0.4, -0.2) is 56.3 Å². The van der Waals surface area contributed by atoms with Crippen molar-refractivity contribution in [1.82, 2.24) is 9.97 Å². The van der Waals surface area contributed by atoms with Crippen molar-refractivity contribution < 1.29 is 18.7 Å². The monoisotopic (exact) mass is 452 g/mol. The summed E-state index contributed by atoms with van der Waals surface area (Å²) in [5, 5.41) is 2.94. The lowest BCUT2D eigenvalue weighted by Gasteiger charge is -2.37. The fraction of sp³-hybridized carbons (Fsp3) is 0.261. The van der Waals surface area contributed by atoms with Crippen LogP contribution in [0.3, 0.4) is 0 Å². The van der Waals surface area contributed by atoms with Gasteiger partial charge in [-0.1, -0.05) is 12.1 Å². The Hall–Kier alpha value is -4.08. The van der Waals surface area contributed by atoms with E-state index in [4.69, 9.17) is 15.2 Å². The minimum Gasteiger partial charge on any atom is -0.495 e. The molecule has 1 aliphatic heterocycles. The van der Waals surface area contributed by atoms with Crippen LogP contribution in [0.15, 0.2) is 48.8 Å². The number of hydrogen-bond donors (Lipinski definition) is 2. The molecule has 1 aliphatic rings. The molecule has 9 nitrogen and oxygen atoms in total. The van der Waals surface area contributed by atoms with Crippen molar-refractivity contribution in [2.75, 3.05) is 61.2 Å². The Balaban J connectivity index is 1.51. The number of aromatic nitrogens is 2. The van der Waals surface area contributed by atoms with E-state index in [9.17, 15) is 9.18 Å². The lowest BCUT2D eigenvalue weighted by Crippen LogP contribution is -2.47. The number of rotatable bonds is 6. The molecule has 0 spiro atoms. The topological polar surface area (TPSA) is 106 Å². The van der Waals surface area contributed by atoms with Gasteiger partial charge in [0.2, 0.25) is 0 Å². The number of nitrogen functional groups attached to an aromatic ring is 1. The number of esters is 1. The second-order valence-electron chi connectivity index (χ2n) is 7.42. The first-order chi connectivity index (χ1) is 16.0. The summed E-state index contributed by atoms with van der Waals surface area (Å²) in [4.78, 5) is 24.7. The third kappa shape index (κ3) is 4.59. The number of nitrogens with zero attached hydrogens (tertiary/aromatic N) is 4. The molecule has 2 heterocycles. The molecule has 0 radical (unpaired) electrons. The fourth-order valence-corrected chi connectivity index (χ4v) is 3.77. The van der Waals surface area contributed by atoms with Crippen LogP contribution in [0, 0.1) is 5.82 Å². The molecule has 10 heteroatoms. The highest BCUT2D eigenvalue weighted by molar-refractivity contribution is 5.91. The van der Waals surface area contributed by atoms with Gasteiger partial charge in [0.25, 0.3) is 0 Å². The first-order valence-electron chi connectivity index (χ1n) is 10.4. The van der Waals surface area contributed by atoms with Crippen LogP contribution in [0.4, 0.5) is 33.1 Å². The first kappa shape index (κ1) is 22.1. The molecule has 4 rings (SSSR count). The summed E-state index contributed by atoms with van der Waals surface area (Å²) < 4.78 is 24.4. The SMILES string of the molecule is COC(=O)c1ccc(OC)c(N2CCN(c3ncnc(Nc4ccccc4F)c3N)CC2)c1. The number of para-hydroxylation sites is 1. The van der Waals surface area contributed by atoms with E-state index in [2.05, 4.69) is 25.1 Å². The maximum absolute atomic E-state index is 14.0. The van der Waals surface area contributed by atoms with Gasteiger partial charge in [0.15, 0.2) is 11.6 Å². The Kier molecular flexibility index (Phi) is 6.43. The fourth-order valence-electron chi connectivity index (χ4n) is 3.77. The Labute approximate surface area is 190 Å². The number of ether oxygens (including phenoxy) is 2. The Morgan fingerprint density at radius 3 is 2.48 bits per heavy atom. The van der Waals surface area contributed by atoms with E-state index in [0.717, 1.165) is 5.69 Å². The molecular weight excluding hydrogens is 427 g/mol. The third-order valence-electron chi connectivity index (χ3n) is 5.51. The van der Waals surface area contributed by atoms with Crippen LogP contribution in [0.5, 0.6) is 5.75 Å². The molecule has 0 saturated carbocycles. The second kappa shape index (κ2) is 9.60. The van der Waals surface area contributed by atoms with Crippen molar-refractivity contribution in [3.8, 4) is 5.75 Å². The maximum atomic E-state index is 14.0. The zero-order valence-electron chi connectivity index (χ0n) is 18.4. The predicted molar refractivity (Wildman–Crippen MR) is 125 cm³/mol. The van der Waals surface area contributed by atoms with Crippen LogP contribution < -0.4 is 25.6 Å². The Morgan fingerprint density at radius 1 is 1.06 bits per heavy atom. The molecule has 0 atom stereocenters. The van der Waals surface area contributed by atoms with Gasteiger partial charge in [-0.3, -0.25) is 0 Å². The quantitative estimate of drug-likeness (QED) is 0.546. The van der Waals surface area contributed by atoms with E-state index in [1.807, 2.05) is 0 Å². The summed E-state index contributed by atoms with van der Waals surface area (Å²) in [6, 6.07) is 11.5. The minimum absolute atomic E-state index is 0.288. The molecule has 0 amide bonds. The van der Waals surface area contributed by atoms with Gasteiger partial charge in [-0.05, 0) is 30.3 Å². The molecular formula is C23H25FN6O3. The smallest absolute Gasteiger partial charge is 0.337 e. The van der Waals surface area contributed by atoms with Gasteiger partial charge in [-0.15, -0.1) is 0 Å². The number of methoxy groups -OCH3 is 2. The summed E-state index contributed by atoms with van der Waals surface area (Å²) in [7, 11) is 2.95. The van der Waals surface area contributed by atoms with Crippen molar-refractivity contribution in [3.63, 3.8) is 0 Å². The van der Waals surface area contributed by atoms with E-state index < -0.39 is 11.8 Å². The molecule has 0 bridgehead atoms. The number of carbonyl (C=O) groups excluding carboxylic acids is 1. The predicted octanol–water partition coefficient (Wildman–Crippen LogP) is 3.06. The van der Waals surface area contributed by atoms with Gasteiger partial charge < -0.3 is 30.3 Å². The van der Waals surface area contributed by atoms with Gasteiger partial charge in [0, 0.05) is 26.2 Å². The maximum Gasteiger partial charge on any atom is 0.337 e.